The summed E-state index contributed by atoms with van der Waals surface area (Å²) in [5.74, 6) is 0.0326. The number of halogens is 2. The van der Waals surface area contributed by atoms with E-state index in [2.05, 4.69) is 15.7 Å². The van der Waals surface area contributed by atoms with E-state index in [-0.39, 0.29) is 40.1 Å². The number of urea groups is 1. The second kappa shape index (κ2) is 14.7. The second-order valence-corrected chi connectivity index (χ2v) is 13.5. The van der Waals surface area contributed by atoms with E-state index in [1.165, 1.54) is 17.7 Å². The number of methoxy groups -OCH3 is 1. The van der Waals surface area contributed by atoms with E-state index < -0.39 is 17.6 Å². The molecule has 0 radical (unpaired) electrons. The summed E-state index contributed by atoms with van der Waals surface area (Å²) in [6, 6.07) is 20.0. The molecule has 0 aliphatic rings. The average molecular weight is 719 g/mol. The van der Waals surface area contributed by atoms with Gasteiger partial charge in [-0.1, -0.05) is 74.3 Å². The summed E-state index contributed by atoms with van der Waals surface area (Å²) < 4.78 is 13.9. The van der Waals surface area contributed by atoms with Crippen molar-refractivity contribution in [2.45, 2.75) is 53.2 Å². The molecule has 5 rings (SSSR count). The highest BCUT2D eigenvalue weighted by Gasteiger charge is 2.22. The number of aryl methyl sites for hydroxylation is 2. The number of anilines is 1. The zero-order valence-corrected chi connectivity index (χ0v) is 29.9. The third-order valence-corrected chi connectivity index (χ3v) is 8.66. The highest BCUT2D eigenvalue weighted by molar-refractivity contribution is 6.32. The molecule has 0 saturated heterocycles. The fourth-order valence-corrected chi connectivity index (χ4v) is 5.57. The first-order valence-electron chi connectivity index (χ1n) is 15.6. The van der Waals surface area contributed by atoms with E-state index in [4.69, 9.17) is 32.7 Å². The lowest BCUT2D eigenvalue weighted by Gasteiger charge is -2.17. The molecule has 0 saturated carbocycles. The summed E-state index contributed by atoms with van der Waals surface area (Å²) in [5, 5.41) is 20.4. The van der Waals surface area contributed by atoms with Gasteiger partial charge in [0.1, 0.15) is 28.9 Å². The van der Waals surface area contributed by atoms with Gasteiger partial charge in [-0.3, -0.25) is 14.7 Å². The Morgan fingerprint density at radius 3 is 2.36 bits per heavy atom. The molecule has 2 amide bonds. The van der Waals surface area contributed by atoms with Gasteiger partial charge in [-0.05, 0) is 60.9 Å². The van der Waals surface area contributed by atoms with E-state index in [1.807, 2.05) is 52.0 Å². The molecular weight excluding hydrogens is 681 g/mol. The zero-order chi connectivity index (χ0) is 36.3. The molecule has 50 heavy (non-hydrogen) atoms. The number of carbonyl (C=O) groups excluding carboxylic acids is 2. The minimum absolute atomic E-state index is 0.0619. The van der Waals surface area contributed by atoms with Crippen LogP contribution in [0.25, 0.3) is 11.4 Å². The van der Waals surface area contributed by atoms with Crippen molar-refractivity contribution in [3.05, 3.63) is 127 Å². The smallest absolute Gasteiger partial charge is 0.337 e. The molecule has 2 heterocycles. The first-order chi connectivity index (χ1) is 23.7. The molecule has 0 spiro atoms. The Bertz CT molecular complexity index is 2150. The topological polar surface area (TPSA) is 137 Å². The normalized spacial score (nSPS) is 11.3. The van der Waals surface area contributed by atoms with Gasteiger partial charge < -0.3 is 19.9 Å². The number of rotatable bonds is 9. The van der Waals surface area contributed by atoms with Gasteiger partial charge in [0, 0.05) is 29.8 Å². The van der Waals surface area contributed by atoms with Crippen LogP contribution in [0.5, 0.6) is 11.5 Å². The monoisotopic (exact) mass is 717 g/mol. The number of ether oxygens (including phenoxy) is 2. The fourth-order valence-electron chi connectivity index (χ4n) is 5.20. The third kappa shape index (κ3) is 7.79. The van der Waals surface area contributed by atoms with Gasteiger partial charge in [-0.15, -0.1) is 0 Å². The average Bonchev–Trinajstić information content (AvgIpc) is 3.51. The minimum Gasteiger partial charge on any atom is -0.506 e. The molecule has 0 atom stereocenters. The van der Waals surface area contributed by atoms with E-state index in [0.29, 0.717) is 28.5 Å². The van der Waals surface area contributed by atoms with Crippen molar-refractivity contribution in [2.75, 3.05) is 12.4 Å². The molecule has 0 aliphatic heterocycles. The molecule has 0 bridgehead atoms. The number of nitrogens with one attached hydrogen (secondary N) is 2. The molecular formula is C37H37Cl2N5O6. The number of pyridine rings is 1. The molecule has 5 aromatic rings. The van der Waals surface area contributed by atoms with Crippen LogP contribution in [-0.2, 0) is 23.3 Å². The largest absolute Gasteiger partial charge is 0.506 e. The number of phenolic OH excluding ortho intramolecular Hbond substituents is 1. The number of carbonyl (C=O) groups is 2. The summed E-state index contributed by atoms with van der Waals surface area (Å²) in [6.07, 6.45) is 0. The van der Waals surface area contributed by atoms with E-state index in [0.717, 1.165) is 22.4 Å². The predicted octanol–water partition coefficient (Wildman–Crippen LogP) is 7.64. The molecule has 13 heteroatoms. The molecule has 0 fully saturated rings. The third-order valence-electron chi connectivity index (χ3n) is 8.01. The highest BCUT2D eigenvalue weighted by atomic mass is 35.5. The molecule has 11 nitrogen and oxygen atoms in total. The quantitative estimate of drug-likeness (QED) is 0.133. The van der Waals surface area contributed by atoms with Crippen molar-refractivity contribution in [3.8, 4) is 22.9 Å². The molecule has 3 aromatic carbocycles. The van der Waals surface area contributed by atoms with Crippen LogP contribution in [0.1, 0.15) is 59.2 Å². The van der Waals surface area contributed by atoms with Crippen LogP contribution in [-0.4, -0.2) is 38.6 Å². The Labute approximate surface area is 299 Å². The lowest BCUT2D eigenvalue weighted by Crippen LogP contribution is -2.29. The summed E-state index contributed by atoms with van der Waals surface area (Å²) >= 11 is 12.7. The number of hydrogen-bond donors (Lipinski definition) is 3. The number of esters is 1. The van der Waals surface area contributed by atoms with Crippen LogP contribution in [0.2, 0.25) is 10.0 Å². The van der Waals surface area contributed by atoms with E-state index >= 15 is 0 Å². The van der Waals surface area contributed by atoms with Gasteiger partial charge in [-0.25, -0.2) is 14.3 Å². The highest BCUT2D eigenvalue weighted by Crippen LogP contribution is 2.30. The van der Waals surface area contributed by atoms with Crippen LogP contribution in [0.4, 0.5) is 10.6 Å². The first kappa shape index (κ1) is 36.0. The molecule has 0 unspecified atom stereocenters. The Kier molecular flexibility index (Phi) is 10.6. The van der Waals surface area contributed by atoms with Gasteiger partial charge in [-0.2, -0.15) is 5.10 Å². The van der Waals surface area contributed by atoms with Crippen LogP contribution >= 0.6 is 23.2 Å². The predicted molar refractivity (Wildman–Crippen MR) is 193 cm³/mol. The van der Waals surface area contributed by atoms with Crippen LogP contribution in [0, 0.1) is 13.8 Å². The van der Waals surface area contributed by atoms with Gasteiger partial charge in [0.25, 0.3) is 5.56 Å². The summed E-state index contributed by atoms with van der Waals surface area (Å²) in [6.45, 7) is 9.85. The number of hydrogen-bond acceptors (Lipinski definition) is 7. The van der Waals surface area contributed by atoms with Crippen molar-refractivity contribution in [1.29, 1.82) is 0 Å². The Balaban J connectivity index is 1.31. The van der Waals surface area contributed by atoms with Crippen LogP contribution in [0.3, 0.4) is 0 Å². The van der Waals surface area contributed by atoms with Crippen LogP contribution in [0.15, 0.2) is 77.6 Å². The molecule has 3 N–H and O–H groups in total. The maximum absolute atomic E-state index is 13.5. The Morgan fingerprint density at radius 2 is 1.68 bits per heavy atom. The summed E-state index contributed by atoms with van der Waals surface area (Å²) in [7, 11) is 1.29. The second-order valence-electron chi connectivity index (χ2n) is 12.7. The lowest BCUT2D eigenvalue weighted by molar-refractivity contribution is 0.0600. The maximum atomic E-state index is 13.5. The van der Waals surface area contributed by atoms with Crippen molar-refractivity contribution < 1.29 is 24.2 Å². The van der Waals surface area contributed by atoms with E-state index in [9.17, 15) is 19.5 Å². The van der Waals surface area contributed by atoms with Gasteiger partial charge in [0.2, 0.25) is 0 Å². The van der Waals surface area contributed by atoms with Crippen molar-refractivity contribution >= 4 is 41.0 Å². The standard InChI is InChI=1S/C37H37Cl2N5O6/c1-21-11-12-23(35(47)49-6)16-28(21)43-22(2)15-30(33(39)34(43)46)50-20-25-10-8-7-9-24(25)19-40-36(48)41-32-18-31(37(3,4)5)42-44(32)26-13-14-29(45)27(38)17-26/h7-18,45H,19-20H2,1-6H3,(H2,40,41,48). The SMILES string of the molecule is COC(=O)c1ccc(C)c(-n2c(C)cc(OCc3ccccc3CNC(=O)Nc3cc(C(C)(C)C)nn3-c3ccc(O)c(Cl)c3)c(Cl)c2=O)c1. The number of nitrogens with zero attached hydrogens (tertiary/aromatic N) is 3. The number of aromatic nitrogens is 3. The number of amides is 2. The number of benzene rings is 3. The van der Waals surface area contributed by atoms with Crippen molar-refractivity contribution in [1.82, 2.24) is 19.7 Å². The van der Waals surface area contributed by atoms with Crippen molar-refractivity contribution in [3.63, 3.8) is 0 Å². The molecule has 260 valence electrons. The summed E-state index contributed by atoms with van der Waals surface area (Å²) in [4.78, 5) is 38.8. The van der Waals surface area contributed by atoms with Crippen molar-refractivity contribution in [2.24, 2.45) is 0 Å². The first-order valence-corrected chi connectivity index (χ1v) is 16.4. The van der Waals surface area contributed by atoms with Gasteiger partial charge >= 0.3 is 12.0 Å². The summed E-state index contributed by atoms with van der Waals surface area (Å²) in [5.41, 5.74) is 4.18. The lowest BCUT2D eigenvalue weighted by atomic mass is 9.92. The van der Waals surface area contributed by atoms with Gasteiger partial charge in [0.15, 0.2) is 0 Å². The fraction of sp³-hybridized carbons (Fsp3) is 0.243. The van der Waals surface area contributed by atoms with Crippen LogP contribution < -0.4 is 20.9 Å². The molecule has 0 aliphatic carbocycles. The Hall–Kier alpha value is -5.26. The molecule has 2 aromatic heterocycles. The Morgan fingerprint density at radius 1 is 0.960 bits per heavy atom. The maximum Gasteiger partial charge on any atom is 0.337 e. The van der Waals surface area contributed by atoms with Gasteiger partial charge in [0.05, 0.1) is 34.8 Å². The number of aromatic hydroxyl groups is 1. The van der Waals surface area contributed by atoms with E-state index in [1.54, 1.807) is 54.1 Å². The number of phenols is 1. The zero-order valence-electron chi connectivity index (χ0n) is 28.4. The minimum atomic E-state index is -0.519.